The highest BCUT2D eigenvalue weighted by molar-refractivity contribution is 6.10. The molecule has 3 rings (SSSR count). The Morgan fingerprint density at radius 1 is 1.17 bits per heavy atom. The van der Waals surface area contributed by atoms with Crippen LogP contribution in [0.4, 0.5) is 17.1 Å². The van der Waals surface area contributed by atoms with Gasteiger partial charge in [0.25, 0.3) is 0 Å². The molecule has 0 unspecified atom stereocenters. The van der Waals surface area contributed by atoms with Gasteiger partial charge >= 0.3 is 0 Å². The van der Waals surface area contributed by atoms with Crippen molar-refractivity contribution in [1.82, 2.24) is 0 Å². The number of rotatable bonds is 3. The summed E-state index contributed by atoms with van der Waals surface area (Å²) in [6.45, 7) is 4.27. The smallest absolute Gasteiger partial charge is 0.246 e. The van der Waals surface area contributed by atoms with Crippen LogP contribution in [0, 0.1) is 13.8 Å². The summed E-state index contributed by atoms with van der Waals surface area (Å²) >= 11 is 0. The predicted molar refractivity (Wildman–Crippen MR) is 91.8 cm³/mol. The lowest BCUT2D eigenvalue weighted by atomic mass is 10.1. The molecule has 0 spiro atoms. The molecule has 0 saturated heterocycles. The maximum absolute atomic E-state index is 12.5. The zero-order valence-electron chi connectivity index (χ0n) is 13.2. The molecule has 0 saturated carbocycles. The van der Waals surface area contributed by atoms with Crippen LogP contribution in [-0.4, -0.2) is 24.9 Å². The van der Waals surface area contributed by atoms with E-state index in [0.29, 0.717) is 5.69 Å². The minimum Gasteiger partial charge on any atom is -0.376 e. The van der Waals surface area contributed by atoms with Crippen LogP contribution in [0.25, 0.3) is 0 Å². The van der Waals surface area contributed by atoms with E-state index in [1.54, 1.807) is 6.07 Å². The van der Waals surface area contributed by atoms with Gasteiger partial charge in [0, 0.05) is 5.69 Å². The van der Waals surface area contributed by atoms with Gasteiger partial charge in [-0.2, -0.15) is 0 Å². The van der Waals surface area contributed by atoms with E-state index in [1.165, 1.54) is 16.0 Å². The van der Waals surface area contributed by atoms with Crippen LogP contribution in [0.2, 0.25) is 0 Å². The second kappa shape index (κ2) is 6.12. The summed E-state index contributed by atoms with van der Waals surface area (Å²) in [7, 11) is 0. The van der Waals surface area contributed by atoms with Gasteiger partial charge in [-0.05, 0) is 49.2 Å². The van der Waals surface area contributed by atoms with Crippen molar-refractivity contribution in [2.24, 2.45) is 0 Å². The first-order valence-electron chi connectivity index (χ1n) is 7.55. The number of aryl methyl sites for hydroxylation is 2. The fourth-order valence-electron chi connectivity index (χ4n) is 2.58. The molecule has 0 fully saturated rings. The normalized spacial score (nSPS) is 13.3. The number of anilines is 3. The van der Waals surface area contributed by atoms with E-state index in [9.17, 15) is 9.59 Å². The maximum Gasteiger partial charge on any atom is 0.246 e. The maximum atomic E-state index is 12.5. The third-order valence-corrected chi connectivity index (χ3v) is 4.02. The first-order chi connectivity index (χ1) is 11.0. The fourth-order valence-corrected chi connectivity index (χ4v) is 2.58. The van der Waals surface area contributed by atoms with E-state index in [-0.39, 0.29) is 24.9 Å². The molecular weight excluding hydrogens is 290 g/mol. The Morgan fingerprint density at radius 2 is 1.96 bits per heavy atom. The average molecular weight is 309 g/mol. The molecule has 2 aromatic rings. The van der Waals surface area contributed by atoms with Crippen molar-refractivity contribution >= 4 is 28.9 Å². The summed E-state index contributed by atoms with van der Waals surface area (Å²) in [4.78, 5) is 25.8. The standard InChI is InChI=1S/C18H19N3O2/c1-12-7-8-14(9-13(12)2)19-10-18(23)21-11-17(22)20-15-5-3-4-6-16(15)21/h3-9,19H,10-11H2,1-2H3,(H,20,22). The van der Waals surface area contributed by atoms with Crippen molar-refractivity contribution in [3.63, 3.8) is 0 Å². The first-order valence-corrected chi connectivity index (χ1v) is 7.55. The van der Waals surface area contributed by atoms with Crippen LogP contribution in [0.5, 0.6) is 0 Å². The molecule has 23 heavy (non-hydrogen) atoms. The predicted octanol–water partition coefficient (Wildman–Crippen LogP) is 2.70. The minimum absolute atomic E-state index is 0.0461. The van der Waals surface area contributed by atoms with Gasteiger partial charge in [-0.3, -0.25) is 14.5 Å². The molecule has 1 aliphatic heterocycles. The van der Waals surface area contributed by atoms with Gasteiger partial charge in [0.2, 0.25) is 11.8 Å². The molecule has 0 aromatic heterocycles. The number of hydrogen-bond donors (Lipinski definition) is 2. The van der Waals surface area contributed by atoms with Crippen molar-refractivity contribution in [2.75, 3.05) is 28.6 Å². The van der Waals surface area contributed by atoms with E-state index < -0.39 is 0 Å². The zero-order valence-corrected chi connectivity index (χ0v) is 13.2. The Hall–Kier alpha value is -2.82. The van der Waals surface area contributed by atoms with E-state index in [4.69, 9.17) is 0 Å². The topological polar surface area (TPSA) is 61.4 Å². The molecule has 1 aliphatic rings. The van der Waals surface area contributed by atoms with Crippen molar-refractivity contribution in [3.8, 4) is 0 Å². The monoisotopic (exact) mass is 309 g/mol. The molecule has 5 heteroatoms. The second-order valence-electron chi connectivity index (χ2n) is 5.70. The van der Waals surface area contributed by atoms with Crippen LogP contribution in [0.15, 0.2) is 42.5 Å². The molecule has 0 atom stereocenters. The highest BCUT2D eigenvalue weighted by atomic mass is 16.2. The molecule has 2 aromatic carbocycles. The molecule has 0 aliphatic carbocycles. The lowest BCUT2D eigenvalue weighted by molar-refractivity contribution is -0.120. The highest BCUT2D eigenvalue weighted by Gasteiger charge is 2.26. The van der Waals surface area contributed by atoms with Crippen molar-refractivity contribution in [2.45, 2.75) is 13.8 Å². The van der Waals surface area contributed by atoms with Crippen LogP contribution < -0.4 is 15.5 Å². The van der Waals surface area contributed by atoms with Gasteiger partial charge in [-0.15, -0.1) is 0 Å². The summed E-state index contributed by atoms with van der Waals surface area (Å²) in [5.41, 5.74) is 4.69. The number of nitrogens with one attached hydrogen (secondary N) is 2. The summed E-state index contributed by atoms with van der Waals surface area (Å²) in [6.07, 6.45) is 0. The molecule has 1 heterocycles. The lowest BCUT2D eigenvalue weighted by Gasteiger charge is -2.29. The zero-order chi connectivity index (χ0) is 16.4. The van der Waals surface area contributed by atoms with E-state index in [2.05, 4.69) is 10.6 Å². The van der Waals surface area contributed by atoms with Crippen molar-refractivity contribution < 1.29 is 9.59 Å². The second-order valence-corrected chi connectivity index (χ2v) is 5.70. The quantitative estimate of drug-likeness (QED) is 0.916. The minimum atomic E-state index is -0.178. The number of nitrogens with zero attached hydrogens (tertiary/aromatic N) is 1. The van der Waals surface area contributed by atoms with Crippen LogP contribution in [0.1, 0.15) is 11.1 Å². The Kier molecular flexibility index (Phi) is 4.02. The molecule has 0 bridgehead atoms. The van der Waals surface area contributed by atoms with Gasteiger partial charge in [0.05, 0.1) is 17.9 Å². The van der Waals surface area contributed by atoms with Gasteiger partial charge in [0.1, 0.15) is 6.54 Å². The number of amides is 2. The first kappa shape index (κ1) is 15.1. The Morgan fingerprint density at radius 3 is 2.74 bits per heavy atom. The molecule has 0 radical (unpaired) electrons. The number of para-hydroxylation sites is 2. The number of carbonyl (C=O) groups is 2. The molecule has 2 N–H and O–H groups in total. The number of fused-ring (bicyclic) bond motifs is 1. The lowest BCUT2D eigenvalue weighted by Crippen LogP contribution is -2.44. The van der Waals surface area contributed by atoms with Gasteiger partial charge in [0.15, 0.2) is 0 Å². The molecule has 118 valence electrons. The Bertz CT molecular complexity index is 771. The highest BCUT2D eigenvalue weighted by Crippen LogP contribution is 2.28. The van der Waals surface area contributed by atoms with E-state index in [1.807, 2.05) is 50.2 Å². The van der Waals surface area contributed by atoms with Gasteiger partial charge in [-0.25, -0.2) is 0 Å². The average Bonchev–Trinajstić information content (AvgIpc) is 2.54. The molecule has 2 amide bonds. The van der Waals surface area contributed by atoms with E-state index >= 15 is 0 Å². The fraction of sp³-hybridized carbons (Fsp3) is 0.222. The number of hydrogen-bond acceptors (Lipinski definition) is 3. The number of carbonyl (C=O) groups excluding carboxylic acids is 2. The van der Waals surface area contributed by atoms with Gasteiger partial charge in [-0.1, -0.05) is 18.2 Å². The third-order valence-electron chi connectivity index (χ3n) is 4.02. The Labute approximate surface area is 135 Å². The summed E-state index contributed by atoms with van der Waals surface area (Å²) < 4.78 is 0. The van der Waals surface area contributed by atoms with E-state index in [0.717, 1.165) is 11.4 Å². The van der Waals surface area contributed by atoms with Crippen LogP contribution in [-0.2, 0) is 9.59 Å². The Balaban J connectivity index is 1.73. The van der Waals surface area contributed by atoms with Crippen LogP contribution in [0.3, 0.4) is 0 Å². The largest absolute Gasteiger partial charge is 0.376 e. The van der Waals surface area contributed by atoms with Crippen LogP contribution >= 0.6 is 0 Å². The van der Waals surface area contributed by atoms with Crippen molar-refractivity contribution in [3.05, 3.63) is 53.6 Å². The van der Waals surface area contributed by atoms with Crippen molar-refractivity contribution in [1.29, 1.82) is 0 Å². The molecule has 5 nitrogen and oxygen atoms in total. The van der Waals surface area contributed by atoms with Gasteiger partial charge < -0.3 is 10.6 Å². The molecular formula is C18H19N3O2. The third kappa shape index (κ3) is 3.18. The summed E-state index contributed by atoms with van der Waals surface area (Å²) in [6, 6.07) is 13.3. The number of benzene rings is 2. The SMILES string of the molecule is Cc1ccc(NCC(=O)N2CC(=O)Nc3ccccc32)cc1C. The summed E-state index contributed by atoms with van der Waals surface area (Å²) in [5, 5.41) is 5.91. The summed E-state index contributed by atoms with van der Waals surface area (Å²) in [5.74, 6) is -0.311.